The normalized spacial score (nSPS) is 22.8. The first-order valence-corrected chi connectivity index (χ1v) is 10.3. The van der Waals surface area contributed by atoms with Crippen LogP contribution in [-0.4, -0.2) is 63.1 Å². The maximum atomic E-state index is 11.7. The topological polar surface area (TPSA) is 94.4 Å². The molecule has 1 unspecified atom stereocenters. The number of amides is 1. The van der Waals surface area contributed by atoms with Crippen molar-refractivity contribution in [3.8, 4) is 0 Å². The summed E-state index contributed by atoms with van der Waals surface area (Å²) in [7, 11) is 0. The van der Waals surface area contributed by atoms with E-state index in [1.54, 1.807) is 6.21 Å². The number of aliphatic carboxylic acids is 1. The minimum Gasteiger partial charge on any atom is -0.481 e. The second kappa shape index (κ2) is 9.20. The van der Waals surface area contributed by atoms with E-state index in [2.05, 4.69) is 26.5 Å². The zero-order valence-electron chi connectivity index (χ0n) is 14.1. The van der Waals surface area contributed by atoms with Crippen LogP contribution in [0.4, 0.5) is 0 Å². The van der Waals surface area contributed by atoms with E-state index in [4.69, 9.17) is 5.11 Å². The first-order valence-electron chi connectivity index (χ1n) is 8.30. The van der Waals surface area contributed by atoms with E-state index in [1.807, 2.05) is 30.0 Å². The lowest BCUT2D eigenvalue weighted by molar-refractivity contribution is -0.138. The third-order valence-corrected chi connectivity index (χ3v) is 6.05. The van der Waals surface area contributed by atoms with Crippen LogP contribution in [-0.2, 0) is 16.1 Å². The first kappa shape index (κ1) is 18.9. The molecule has 0 spiro atoms. The Kier molecular flexibility index (Phi) is 6.70. The van der Waals surface area contributed by atoms with Crippen LogP contribution in [0.15, 0.2) is 34.5 Å². The van der Waals surface area contributed by atoms with Crippen LogP contribution in [0.1, 0.15) is 17.5 Å². The molecule has 2 heterocycles. The summed E-state index contributed by atoms with van der Waals surface area (Å²) in [5, 5.41) is 19.2. The van der Waals surface area contributed by atoms with E-state index >= 15 is 0 Å². The number of amidine groups is 1. The Morgan fingerprint density at radius 3 is 2.88 bits per heavy atom. The molecule has 1 aromatic rings. The van der Waals surface area contributed by atoms with Gasteiger partial charge in [0.1, 0.15) is 5.25 Å². The quantitative estimate of drug-likeness (QED) is 0.564. The van der Waals surface area contributed by atoms with Gasteiger partial charge >= 0.3 is 5.97 Å². The monoisotopic (exact) mass is 392 g/mol. The molecule has 2 fully saturated rings. The van der Waals surface area contributed by atoms with Crippen LogP contribution in [0.5, 0.6) is 0 Å². The summed E-state index contributed by atoms with van der Waals surface area (Å²) in [6.45, 7) is 3.06. The molecular weight excluding hydrogens is 372 g/mol. The number of rotatable bonds is 6. The van der Waals surface area contributed by atoms with Crippen molar-refractivity contribution >= 4 is 46.8 Å². The number of hydrogen-bond acceptors (Lipinski definition) is 7. The summed E-state index contributed by atoms with van der Waals surface area (Å²) in [6, 6.07) is 8.05. The van der Waals surface area contributed by atoms with Gasteiger partial charge in [0, 0.05) is 31.1 Å². The molecule has 1 aromatic carbocycles. The Hall–Kier alpha value is -1.84. The standard InChI is InChI=1S/C17H20N4O3S2/c22-15(23)9-14-16(24)19-17(26-14)20-18-10-12-3-1-2-4-13(12)11-21-5-7-25-8-6-21/h1-4,10,14H,5-9,11H2,(H,22,23)(H,19,20,24). The smallest absolute Gasteiger partial charge is 0.305 e. The average Bonchev–Trinajstić information content (AvgIpc) is 2.96. The molecule has 0 saturated carbocycles. The van der Waals surface area contributed by atoms with Gasteiger partial charge in [0.2, 0.25) is 5.91 Å². The van der Waals surface area contributed by atoms with Crippen LogP contribution in [0.3, 0.4) is 0 Å². The first-order chi connectivity index (χ1) is 12.6. The van der Waals surface area contributed by atoms with Gasteiger partial charge in [-0.1, -0.05) is 36.0 Å². The number of carboxylic acid groups (broad SMARTS) is 1. The Balaban J connectivity index is 1.63. The fourth-order valence-electron chi connectivity index (χ4n) is 2.69. The average molecular weight is 393 g/mol. The molecule has 7 nitrogen and oxygen atoms in total. The van der Waals surface area contributed by atoms with Gasteiger partial charge in [0.05, 0.1) is 12.6 Å². The summed E-state index contributed by atoms with van der Waals surface area (Å²) < 4.78 is 0. The zero-order valence-corrected chi connectivity index (χ0v) is 15.8. The number of carboxylic acids is 1. The Morgan fingerprint density at radius 2 is 2.12 bits per heavy atom. The lowest BCUT2D eigenvalue weighted by Gasteiger charge is -2.26. The highest BCUT2D eigenvalue weighted by atomic mass is 32.2. The number of nitrogens with one attached hydrogen (secondary N) is 1. The number of hydrogen-bond donors (Lipinski definition) is 2. The van der Waals surface area contributed by atoms with E-state index in [-0.39, 0.29) is 12.3 Å². The molecule has 3 rings (SSSR count). The molecule has 1 atom stereocenters. The Labute approximate surface area is 160 Å². The summed E-state index contributed by atoms with van der Waals surface area (Å²) in [4.78, 5) is 24.9. The summed E-state index contributed by atoms with van der Waals surface area (Å²) in [5.74, 6) is 0.985. The minimum absolute atomic E-state index is 0.226. The lowest BCUT2D eigenvalue weighted by Crippen LogP contribution is -2.32. The van der Waals surface area contributed by atoms with Gasteiger partial charge in [-0.2, -0.15) is 16.9 Å². The molecule has 2 aliphatic heterocycles. The third-order valence-electron chi connectivity index (χ3n) is 4.03. The SMILES string of the molecule is O=C(O)CC1SC(=NN=Cc2ccccc2CN2CCSCC2)NC1=O. The molecule has 138 valence electrons. The van der Waals surface area contributed by atoms with E-state index in [9.17, 15) is 9.59 Å². The molecule has 2 saturated heterocycles. The van der Waals surface area contributed by atoms with Crippen molar-refractivity contribution in [2.45, 2.75) is 18.2 Å². The molecule has 0 bridgehead atoms. The van der Waals surface area contributed by atoms with Crippen LogP contribution in [0, 0.1) is 0 Å². The van der Waals surface area contributed by atoms with E-state index in [0.29, 0.717) is 5.17 Å². The number of carbonyl (C=O) groups is 2. The highest BCUT2D eigenvalue weighted by molar-refractivity contribution is 8.15. The minimum atomic E-state index is -1.01. The summed E-state index contributed by atoms with van der Waals surface area (Å²) in [5.41, 5.74) is 2.18. The summed E-state index contributed by atoms with van der Waals surface area (Å²) in [6.07, 6.45) is 1.45. The van der Waals surface area contributed by atoms with Crippen LogP contribution in [0.2, 0.25) is 0 Å². The highest BCUT2D eigenvalue weighted by Gasteiger charge is 2.32. The van der Waals surface area contributed by atoms with E-state index in [1.165, 1.54) is 17.1 Å². The maximum Gasteiger partial charge on any atom is 0.305 e. The van der Waals surface area contributed by atoms with Gasteiger partial charge in [-0.25, -0.2) is 0 Å². The second-order valence-electron chi connectivity index (χ2n) is 5.93. The molecule has 1 amide bonds. The van der Waals surface area contributed by atoms with Crippen LogP contribution < -0.4 is 5.32 Å². The largest absolute Gasteiger partial charge is 0.481 e. The van der Waals surface area contributed by atoms with Crippen molar-refractivity contribution < 1.29 is 14.7 Å². The van der Waals surface area contributed by atoms with Crippen molar-refractivity contribution in [3.63, 3.8) is 0 Å². The Bertz CT molecular complexity index is 732. The van der Waals surface area contributed by atoms with E-state index < -0.39 is 11.2 Å². The second-order valence-corrected chi connectivity index (χ2v) is 8.35. The number of carbonyl (C=O) groups excluding carboxylic acids is 1. The molecular formula is C17H20N4O3S2. The zero-order chi connectivity index (χ0) is 18.4. The number of nitrogens with zero attached hydrogens (tertiary/aromatic N) is 3. The molecule has 2 aliphatic rings. The van der Waals surface area contributed by atoms with Crippen molar-refractivity contribution in [1.82, 2.24) is 10.2 Å². The number of benzene rings is 1. The van der Waals surface area contributed by atoms with Gasteiger partial charge in [-0.05, 0) is 11.1 Å². The molecule has 9 heteroatoms. The van der Waals surface area contributed by atoms with E-state index in [0.717, 1.165) is 37.0 Å². The molecule has 2 N–H and O–H groups in total. The van der Waals surface area contributed by atoms with Gasteiger partial charge < -0.3 is 10.4 Å². The van der Waals surface area contributed by atoms with Gasteiger partial charge in [-0.15, -0.1) is 5.10 Å². The van der Waals surface area contributed by atoms with Crippen LogP contribution in [0.25, 0.3) is 0 Å². The maximum absolute atomic E-state index is 11.7. The lowest BCUT2D eigenvalue weighted by atomic mass is 10.1. The highest BCUT2D eigenvalue weighted by Crippen LogP contribution is 2.22. The third kappa shape index (κ3) is 5.33. The molecule has 26 heavy (non-hydrogen) atoms. The fraction of sp³-hybridized carbons (Fsp3) is 0.412. The van der Waals surface area contributed by atoms with Crippen molar-refractivity contribution in [1.29, 1.82) is 0 Å². The van der Waals surface area contributed by atoms with Gasteiger partial charge in [0.25, 0.3) is 0 Å². The Morgan fingerprint density at radius 1 is 1.35 bits per heavy atom. The molecule has 0 radical (unpaired) electrons. The van der Waals surface area contributed by atoms with Crippen molar-refractivity contribution in [3.05, 3.63) is 35.4 Å². The van der Waals surface area contributed by atoms with Crippen molar-refractivity contribution in [2.24, 2.45) is 10.2 Å². The van der Waals surface area contributed by atoms with Crippen molar-refractivity contribution in [2.75, 3.05) is 24.6 Å². The predicted molar refractivity (Wildman–Crippen MR) is 106 cm³/mol. The molecule has 0 aliphatic carbocycles. The van der Waals surface area contributed by atoms with Gasteiger partial charge in [0.15, 0.2) is 5.17 Å². The summed E-state index contributed by atoms with van der Waals surface area (Å²) >= 11 is 3.09. The van der Waals surface area contributed by atoms with Gasteiger partial charge in [-0.3, -0.25) is 14.5 Å². The molecule has 0 aromatic heterocycles. The number of thioether (sulfide) groups is 2. The fourth-order valence-corrected chi connectivity index (χ4v) is 4.59. The predicted octanol–water partition coefficient (Wildman–Crippen LogP) is 1.63. The van der Waals surface area contributed by atoms with Crippen LogP contribution >= 0.6 is 23.5 Å².